The minimum atomic E-state index is -0.229. The molecule has 0 bridgehead atoms. The van der Waals surface area contributed by atoms with Crippen molar-refractivity contribution in [2.45, 2.75) is 20.0 Å². The Morgan fingerprint density at radius 2 is 2.09 bits per heavy atom. The van der Waals surface area contributed by atoms with Gasteiger partial charge in [0.2, 0.25) is 0 Å². The summed E-state index contributed by atoms with van der Waals surface area (Å²) in [5.41, 5.74) is 1.48. The standard InChI is InChI=1S/C16H16ClN5O/c1-2-22-14(7-9-18-22)16(23)19-15-8-10-21(20-15)11-12-5-3-4-6-13(12)17/h3-10H,2,11H2,1H3,(H,19,20,23). The van der Waals surface area contributed by atoms with Crippen LogP contribution in [0.2, 0.25) is 5.02 Å². The van der Waals surface area contributed by atoms with Gasteiger partial charge in [0.25, 0.3) is 5.91 Å². The topological polar surface area (TPSA) is 64.7 Å². The van der Waals surface area contributed by atoms with E-state index in [1.807, 2.05) is 31.2 Å². The van der Waals surface area contributed by atoms with Crippen LogP contribution in [-0.2, 0) is 13.1 Å². The molecule has 0 aliphatic heterocycles. The molecule has 1 aromatic carbocycles. The first-order valence-corrected chi connectivity index (χ1v) is 7.65. The van der Waals surface area contributed by atoms with Gasteiger partial charge in [0, 0.05) is 30.0 Å². The number of amides is 1. The van der Waals surface area contributed by atoms with Crippen molar-refractivity contribution >= 4 is 23.3 Å². The fourth-order valence-electron chi connectivity index (χ4n) is 2.28. The van der Waals surface area contributed by atoms with Gasteiger partial charge in [0.05, 0.1) is 6.54 Å². The van der Waals surface area contributed by atoms with Gasteiger partial charge in [-0.1, -0.05) is 29.8 Å². The summed E-state index contributed by atoms with van der Waals surface area (Å²) in [6.45, 7) is 3.11. The number of carbonyl (C=O) groups excluding carboxylic acids is 1. The average molecular weight is 330 g/mol. The smallest absolute Gasteiger partial charge is 0.275 e. The molecule has 2 heterocycles. The maximum atomic E-state index is 12.2. The summed E-state index contributed by atoms with van der Waals surface area (Å²) in [4.78, 5) is 12.2. The van der Waals surface area contributed by atoms with Gasteiger partial charge in [0.1, 0.15) is 5.69 Å². The van der Waals surface area contributed by atoms with Gasteiger partial charge in [-0.25, -0.2) is 0 Å². The zero-order valence-corrected chi connectivity index (χ0v) is 13.4. The number of nitrogens with one attached hydrogen (secondary N) is 1. The lowest BCUT2D eigenvalue weighted by molar-refractivity contribution is 0.101. The zero-order valence-electron chi connectivity index (χ0n) is 12.6. The summed E-state index contributed by atoms with van der Waals surface area (Å²) >= 11 is 6.15. The third-order valence-corrected chi connectivity index (χ3v) is 3.79. The zero-order chi connectivity index (χ0) is 16.2. The fourth-order valence-corrected chi connectivity index (χ4v) is 2.47. The van der Waals surface area contributed by atoms with Crippen LogP contribution < -0.4 is 5.32 Å². The quantitative estimate of drug-likeness (QED) is 0.782. The Bertz CT molecular complexity index is 823. The minimum Gasteiger partial charge on any atom is -0.304 e. The van der Waals surface area contributed by atoms with Gasteiger partial charge in [-0.3, -0.25) is 14.2 Å². The number of benzene rings is 1. The normalized spacial score (nSPS) is 10.7. The highest BCUT2D eigenvalue weighted by Gasteiger charge is 2.12. The third-order valence-electron chi connectivity index (χ3n) is 3.42. The summed E-state index contributed by atoms with van der Waals surface area (Å²) in [5.74, 6) is 0.262. The average Bonchev–Trinajstić information content (AvgIpc) is 3.18. The van der Waals surface area contributed by atoms with Crippen molar-refractivity contribution in [2.75, 3.05) is 5.32 Å². The molecule has 0 radical (unpaired) electrons. The molecule has 3 aromatic rings. The summed E-state index contributed by atoms with van der Waals surface area (Å²) < 4.78 is 3.37. The van der Waals surface area contributed by atoms with Gasteiger partial charge in [-0.2, -0.15) is 10.2 Å². The van der Waals surface area contributed by atoms with Crippen LogP contribution >= 0.6 is 11.6 Å². The Kier molecular flexibility index (Phi) is 4.43. The van der Waals surface area contributed by atoms with Gasteiger partial charge >= 0.3 is 0 Å². The number of halogens is 1. The van der Waals surface area contributed by atoms with Crippen molar-refractivity contribution in [2.24, 2.45) is 0 Å². The molecule has 0 aliphatic rings. The molecule has 0 atom stereocenters. The highest BCUT2D eigenvalue weighted by atomic mass is 35.5. The molecule has 23 heavy (non-hydrogen) atoms. The van der Waals surface area contributed by atoms with Crippen molar-refractivity contribution in [3.63, 3.8) is 0 Å². The molecule has 0 fully saturated rings. The third kappa shape index (κ3) is 3.43. The molecule has 6 nitrogen and oxygen atoms in total. The predicted octanol–water partition coefficient (Wildman–Crippen LogP) is 3.05. The van der Waals surface area contributed by atoms with Crippen LogP contribution in [0.4, 0.5) is 5.82 Å². The second kappa shape index (κ2) is 6.66. The van der Waals surface area contributed by atoms with Crippen LogP contribution in [0.5, 0.6) is 0 Å². The highest BCUT2D eigenvalue weighted by molar-refractivity contribution is 6.31. The number of aromatic nitrogens is 4. The van der Waals surface area contributed by atoms with Crippen LogP contribution in [0, 0.1) is 0 Å². The first kappa shape index (κ1) is 15.3. The van der Waals surface area contributed by atoms with Crippen molar-refractivity contribution in [1.82, 2.24) is 19.6 Å². The minimum absolute atomic E-state index is 0.229. The van der Waals surface area contributed by atoms with E-state index < -0.39 is 0 Å². The second-order valence-electron chi connectivity index (χ2n) is 4.98. The number of nitrogens with zero attached hydrogens (tertiary/aromatic N) is 4. The molecule has 0 aliphatic carbocycles. The maximum absolute atomic E-state index is 12.2. The van der Waals surface area contributed by atoms with Gasteiger partial charge in [-0.05, 0) is 24.6 Å². The molecule has 2 aromatic heterocycles. The molecule has 1 N–H and O–H groups in total. The van der Waals surface area contributed by atoms with Gasteiger partial charge < -0.3 is 5.32 Å². The van der Waals surface area contributed by atoms with Crippen LogP contribution in [0.15, 0.2) is 48.8 Å². The number of hydrogen-bond donors (Lipinski definition) is 1. The Balaban J connectivity index is 1.70. The van der Waals surface area contributed by atoms with E-state index in [-0.39, 0.29) is 5.91 Å². The maximum Gasteiger partial charge on any atom is 0.275 e. The Morgan fingerprint density at radius 3 is 2.87 bits per heavy atom. The number of carbonyl (C=O) groups is 1. The van der Waals surface area contributed by atoms with Crippen molar-refractivity contribution in [3.05, 3.63) is 65.1 Å². The molecule has 0 saturated heterocycles. The van der Waals surface area contributed by atoms with Crippen molar-refractivity contribution in [3.8, 4) is 0 Å². The number of anilines is 1. The van der Waals surface area contributed by atoms with Crippen LogP contribution in [-0.4, -0.2) is 25.5 Å². The monoisotopic (exact) mass is 329 g/mol. The van der Waals surface area contributed by atoms with E-state index >= 15 is 0 Å². The van der Waals surface area contributed by atoms with E-state index in [0.29, 0.717) is 29.6 Å². The van der Waals surface area contributed by atoms with Gasteiger partial charge in [-0.15, -0.1) is 0 Å². The lowest BCUT2D eigenvalue weighted by atomic mass is 10.2. The Hall–Kier alpha value is -2.60. The van der Waals surface area contributed by atoms with Crippen molar-refractivity contribution < 1.29 is 4.79 Å². The van der Waals surface area contributed by atoms with Crippen LogP contribution in [0.3, 0.4) is 0 Å². The van der Waals surface area contributed by atoms with E-state index in [0.717, 1.165) is 5.56 Å². The van der Waals surface area contributed by atoms with Crippen molar-refractivity contribution in [1.29, 1.82) is 0 Å². The summed E-state index contributed by atoms with van der Waals surface area (Å²) in [7, 11) is 0. The predicted molar refractivity (Wildman–Crippen MR) is 88.6 cm³/mol. The summed E-state index contributed by atoms with van der Waals surface area (Å²) in [6, 6.07) is 11.0. The number of aryl methyl sites for hydroxylation is 1. The molecule has 1 amide bonds. The lowest BCUT2D eigenvalue weighted by Crippen LogP contribution is -2.17. The van der Waals surface area contributed by atoms with E-state index in [9.17, 15) is 4.79 Å². The molecular weight excluding hydrogens is 314 g/mol. The van der Waals surface area contributed by atoms with E-state index in [1.165, 1.54) is 0 Å². The van der Waals surface area contributed by atoms with E-state index in [4.69, 9.17) is 11.6 Å². The molecule has 0 spiro atoms. The Morgan fingerprint density at radius 1 is 1.26 bits per heavy atom. The first-order chi connectivity index (χ1) is 11.2. The molecule has 118 valence electrons. The molecule has 0 saturated carbocycles. The summed E-state index contributed by atoms with van der Waals surface area (Å²) in [6.07, 6.45) is 3.41. The largest absolute Gasteiger partial charge is 0.304 e. The molecule has 0 unspecified atom stereocenters. The first-order valence-electron chi connectivity index (χ1n) is 7.27. The number of rotatable bonds is 5. The lowest BCUT2D eigenvalue weighted by Gasteiger charge is -2.05. The SMILES string of the molecule is CCn1nccc1C(=O)Nc1ccn(Cc2ccccc2Cl)n1. The second-order valence-corrected chi connectivity index (χ2v) is 5.38. The van der Waals surface area contributed by atoms with Crippen LogP contribution in [0.1, 0.15) is 23.0 Å². The molecular formula is C16H16ClN5O. The van der Waals surface area contributed by atoms with Crippen LogP contribution in [0.25, 0.3) is 0 Å². The molecule has 7 heteroatoms. The summed E-state index contributed by atoms with van der Waals surface area (Å²) in [5, 5.41) is 11.9. The number of hydrogen-bond acceptors (Lipinski definition) is 3. The molecule has 3 rings (SSSR count). The Labute approximate surface area is 138 Å². The highest BCUT2D eigenvalue weighted by Crippen LogP contribution is 2.16. The fraction of sp³-hybridized carbons (Fsp3) is 0.188. The van der Waals surface area contributed by atoms with Gasteiger partial charge in [0.15, 0.2) is 5.82 Å². The van der Waals surface area contributed by atoms with E-state index in [1.54, 1.807) is 33.9 Å². The van der Waals surface area contributed by atoms with E-state index in [2.05, 4.69) is 15.5 Å².